The molecule has 1 aliphatic rings. The maximum atomic E-state index is 13.7. The van der Waals surface area contributed by atoms with Gasteiger partial charge in [0.2, 0.25) is 5.76 Å². The number of amides is 1. The minimum Gasteiger partial charge on any atom is -0.450 e. The van der Waals surface area contributed by atoms with Crippen LogP contribution in [0.1, 0.15) is 34.1 Å². The molecule has 0 spiro atoms. The Kier molecular flexibility index (Phi) is 4.59. The van der Waals surface area contributed by atoms with Gasteiger partial charge in [0, 0.05) is 25.3 Å². The molecule has 29 heavy (non-hydrogen) atoms. The largest absolute Gasteiger partial charge is 0.450 e. The Bertz CT molecular complexity index is 1190. The molecule has 148 valence electrons. The van der Waals surface area contributed by atoms with E-state index in [-0.39, 0.29) is 47.6 Å². The summed E-state index contributed by atoms with van der Waals surface area (Å²) in [5.41, 5.74) is -0.0460. The number of benzene rings is 2. The average molecular weight is 398 g/mol. The van der Waals surface area contributed by atoms with Crippen LogP contribution in [0.4, 0.5) is 10.1 Å². The molecule has 4 rings (SSSR count). The highest BCUT2D eigenvalue weighted by atomic mass is 19.1. The van der Waals surface area contributed by atoms with Gasteiger partial charge in [-0.2, -0.15) is 0 Å². The van der Waals surface area contributed by atoms with Crippen molar-refractivity contribution in [2.45, 2.75) is 12.5 Å². The quantitative estimate of drug-likeness (QED) is 0.522. The molecule has 0 aliphatic carbocycles. The van der Waals surface area contributed by atoms with Crippen LogP contribution in [0, 0.1) is 15.9 Å². The third kappa shape index (κ3) is 3.05. The summed E-state index contributed by atoms with van der Waals surface area (Å²) in [6.45, 7) is -0.0208. The topological polar surface area (TPSA) is 114 Å². The molecule has 0 radical (unpaired) electrons. The van der Waals surface area contributed by atoms with E-state index in [1.54, 1.807) is 0 Å². The summed E-state index contributed by atoms with van der Waals surface area (Å²) in [7, 11) is 0. The molecular formula is C20H15FN2O6. The number of carbonyl (C=O) groups excluding carboxylic acids is 1. The van der Waals surface area contributed by atoms with E-state index >= 15 is 0 Å². The predicted molar refractivity (Wildman–Crippen MR) is 100 cm³/mol. The molecule has 1 unspecified atom stereocenters. The van der Waals surface area contributed by atoms with Crippen LogP contribution in [0.2, 0.25) is 0 Å². The van der Waals surface area contributed by atoms with E-state index in [0.717, 1.165) is 12.1 Å². The van der Waals surface area contributed by atoms with Crippen molar-refractivity contribution in [3.8, 4) is 0 Å². The van der Waals surface area contributed by atoms with Gasteiger partial charge in [-0.25, -0.2) is 4.39 Å². The number of aliphatic hydroxyl groups is 1. The third-order valence-corrected chi connectivity index (χ3v) is 4.90. The summed E-state index contributed by atoms with van der Waals surface area (Å²) in [6.07, 6.45) is 0.269. The van der Waals surface area contributed by atoms with Gasteiger partial charge in [0.05, 0.1) is 21.9 Å². The van der Waals surface area contributed by atoms with Crippen LogP contribution in [0.3, 0.4) is 0 Å². The molecule has 1 aromatic heterocycles. The van der Waals surface area contributed by atoms with Crippen LogP contribution >= 0.6 is 0 Å². The minimum atomic E-state index is -0.853. The van der Waals surface area contributed by atoms with Gasteiger partial charge in [-0.05, 0) is 42.3 Å². The lowest BCUT2D eigenvalue weighted by Gasteiger charge is -2.24. The number of carbonyl (C=O) groups is 1. The average Bonchev–Trinajstić information content (AvgIpc) is 2.99. The Morgan fingerprint density at radius 2 is 1.90 bits per heavy atom. The van der Waals surface area contributed by atoms with E-state index in [1.807, 2.05) is 0 Å². The number of nitro groups is 1. The second-order valence-corrected chi connectivity index (χ2v) is 6.64. The number of nitrogens with zero attached hydrogens (tertiary/aromatic N) is 2. The first kappa shape index (κ1) is 18.8. The number of hydrogen-bond donors (Lipinski definition) is 1. The fourth-order valence-corrected chi connectivity index (χ4v) is 3.59. The summed E-state index contributed by atoms with van der Waals surface area (Å²) in [5, 5.41) is 20.1. The molecule has 0 bridgehead atoms. The normalized spacial score (nSPS) is 15.7. The zero-order valence-electron chi connectivity index (χ0n) is 15.0. The molecule has 0 fully saturated rings. The predicted octanol–water partition coefficient (Wildman–Crippen LogP) is 2.77. The first-order valence-electron chi connectivity index (χ1n) is 8.85. The lowest BCUT2D eigenvalue weighted by Crippen LogP contribution is -2.31. The number of hydrogen-bond acceptors (Lipinski definition) is 6. The molecule has 9 heteroatoms. The molecule has 0 saturated carbocycles. The van der Waals surface area contributed by atoms with E-state index in [1.165, 1.54) is 35.2 Å². The van der Waals surface area contributed by atoms with Gasteiger partial charge < -0.3 is 14.4 Å². The Morgan fingerprint density at radius 3 is 2.55 bits per heavy atom. The summed E-state index contributed by atoms with van der Waals surface area (Å²) >= 11 is 0. The maximum absolute atomic E-state index is 13.7. The number of halogens is 1. The SMILES string of the molecule is O=C1c2oc3ccc(F)cc3c(=O)c2C(c2ccc([N+](=O)[O-])cc2)N1CCCO. The summed E-state index contributed by atoms with van der Waals surface area (Å²) in [4.78, 5) is 37.8. The van der Waals surface area contributed by atoms with Crippen molar-refractivity contribution in [1.82, 2.24) is 4.90 Å². The number of fused-ring (bicyclic) bond motifs is 2. The van der Waals surface area contributed by atoms with Gasteiger partial charge >= 0.3 is 0 Å². The molecule has 2 aromatic carbocycles. The van der Waals surface area contributed by atoms with Crippen LogP contribution < -0.4 is 5.43 Å². The molecule has 1 amide bonds. The first-order chi connectivity index (χ1) is 13.9. The molecule has 1 aliphatic heterocycles. The molecule has 1 N–H and O–H groups in total. The lowest BCUT2D eigenvalue weighted by atomic mass is 9.98. The highest BCUT2D eigenvalue weighted by Gasteiger charge is 2.42. The third-order valence-electron chi connectivity index (χ3n) is 4.90. The molecule has 0 saturated heterocycles. The van der Waals surface area contributed by atoms with Crippen molar-refractivity contribution in [1.29, 1.82) is 0 Å². The zero-order chi connectivity index (χ0) is 20.7. The second-order valence-electron chi connectivity index (χ2n) is 6.64. The Labute approximate surface area is 162 Å². The van der Waals surface area contributed by atoms with Crippen LogP contribution in [0.5, 0.6) is 0 Å². The smallest absolute Gasteiger partial charge is 0.290 e. The number of nitro benzene ring substituents is 1. The molecular weight excluding hydrogens is 383 g/mol. The molecule has 1 atom stereocenters. The van der Waals surface area contributed by atoms with Gasteiger partial charge in [0.15, 0.2) is 5.43 Å². The van der Waals surface area contributed by atoms with Gasteiger partial charge in [0.25, 0.3) is 11.6 Å². The van der Waals surface area contributed by atoms with Crippen molar-refractivity contribution < 1.29 is 23.6 Å². The van der Waals surface area contributed by atoms with Gasteiger partial charge in [-0.3, -0.25) is 19.7 Å². The van der Waals surface area contributed by atoms with Crippen molar-refractivity contribution in [3.05, 3.63) is 85.5 Å². The van der Waals surface area contributed by atoms with Crippen molar-refractivity contribution in [3.63, 3.8) is 0 Å². The Morgan fingerprint density at radius 1 is 1.17 bits per heavy atom. The lowest BCUT2D eigenvalue weighted by molar-refractivity contribution is -0.384. The Balaban J connectivity index is 1.93. The monoisotopic (exact) mass is 398 g/mol. The number of non-ortho nitro benzene ring substituents is 1. The van der Waals surface area contributed by atoms with E-state index in [9.17, 15) is 29.2 Å². The zero-order valence-corrected chi connectivity index (χ0v) is 15.0. The highest BCUT2D eigenvalue weighted by molar-refractivity contribution is 5.99. The standard InChI is InChI=1S/C20H15FN2O6/c21-12-4-7-15-14(10-12)18(25)16-17(11-2-5-13(6-3-11)23(27)28)22(8-1-9-24)20(26)19(16)29-15/h2-7,10,17,24H,1,8-9H2. The van der Waals surface area contributed by atoms with E-state index < -0.39 is 28.1 Å². The fraction of sp³-hybridized carbons (Fsp3) is 0.200. The number of rotatable bonds is 5. The van der Waals surface area contributed by atoms with Gasteiger partial charge in [-0.15, -0.1) is 0 Å². The van der Waals surface area contributed by atoms with Crippen LogP contribution in [0.15, 0.2) is 51.7 Å². The summed E-state index contributed by atoms with van der Waals surface area (Å²) < 4.78 is 19.3. The Hall–Kier alpha value is -3.59. The maximum Gasteiger partial charge on any atom is 0.290 e. The molecule has 8 nitrogen and oxygen atoms in total. The van der Waals surface area contributed by atoms with Crippen molar-refractivity contribution >= 4 is 22.6 Å². The fourth-order valence-electron chi connectivity index (χ4n) is 3.59. The van der Waals surface area contributed by atoms with Crippen LogP contribution in [-0.2, 0) is 0 Å². The summed E-state index contributed by atoms with van der Waals surface area (Å²) in [6, 6.07) is 8.11. The van der Waals surface area contributed by atoms with E-state index in [4.69, 9.17) is 4.42 Å². The molecule has 3 aromatic rings. The summed E-state index contributed by atoms with van der Waals surface area (Å²) in [5.74, 6) is -1.28. The van der Waals surface area contributed by atoms with Crippen LogP contribution in [0.25, 0.3) is 11.0 Å². The van der Waals surface area contributed by atoms with Crippen molar-refractivity contribution in [2.75, 3.05) is 13.2 Å². The van der Waals surface area contributed by atoms with Crippen molar-refractivity contribution in [2.24, 2.45) is 0 Å². The second kappa shape index (κ2) is 7.10. The highest BCUT2D eigenvalue weighted by Crippen LogP contribution is 2.38. The molecule has 2 heterocycles. The first-order valence-corrected chi connectivity index (χ1v) is 8.85. The minimum absolute atomic E-state index is 0.00692. The number of aliphatic hydroxyl groups excluding tert-OH is 1. The van der Waals surface area contributed by atoms with Gasteiger partial charge in [-0.1, -0.05) is 0 Å². The van der Waals surface area contributed by atoms with Crippen LogP contribution in [-0.4, -0.2) is 34.0 Å². The van der Waals surface area contributed by atoms with E-state index in [0.29, 0.717) is 5.56 Å². The van der Waals surface area contributed by atoms with Gasteiger partial charge in [0.1, 0.15) is 11.4 Å². The van der Waals surface area contributed by atoms with E-state index in [2.05, 4.69) is 0 Å².